The van der Waals surface area contributed by atoms with Gasteiger partial charge in [0.15, 0.2) is 0 Å². The second-order valence-corrected chi connectivity index (χ2v) is 7.31. The van der Waals surface area contributed by atoms with Crippen molar-refractivity contribution in [2.75, 3.05) is 18.8 Å². The van der Waals surface area contributed by atoms with Crippen molar-refractivity contribution in [3.8, 4) is 0 Å². The summed E-state index contributed by atoms with van der Waals surface area (Å²) in [5.74, 6) is -0.545. The van der Waals surface area contributed by atoms with Crippen molar-refractivity contribution in [3.63, 3.8) is 0 Å². The highest BCUT2D eigenvalue weighted by atomic mass is 32.2. The van der Waals surface area contributed by atoms with Crippen LogP contribution in [0.4, 0.5) is 4.39 Å². The van der Waals surface area contributed by atoms with Crippen LogP contribution in [0.25, 0.3) is 0 Å². The molecule has 1 heterocycles. The lowest BCUT2D eigenvalue weighted by Crippen LogP contribution is -2.46. The van der Waals surface area contributed by atoms with Crippen molar-refractivity contribution < 1.29 is 17.6 Å². The van der Waals surface area contributed by atoms with E-state index >= 15 is 0 Å². The summed E-state index contributed by atoms with van der Waals surface area (Å²) in [7, 11) is -3.15. The van der Waals surface area contributed by atoms with E-state index in [1.165, 1.54) is 28.6 Å². The average Bonchev–Trinajstić information content (AvgIpc) is 2.48. The molecular formula is C14H19FN2O3S. The highest BCUT2D eigenvalue weighted by Gasteiger charge is 2.27. The zero-order chi connectivity index (χ0) is 15.5. The van der Waals surface area contributed by atoms with Gasteiger partial charge in [-0.05, 0) is 44.0 Å². The molecule has 0 spiro atoms. The van der Waals surface area contributed by atoms with Gasteiger partial charge in [0, 0.05) is 24.7 Å². The van der Waals surface area contributed by atoms with Crippen molar-refractivity contribution in [2.45, 2.75) is 25.8 Å². The van der Waals surface area contributed by atoms with Crippen LogP contribution in [0.5, 0.6) is 0 Å². The quantitative estimate of drug-likeness (QED) is 0.913. The van der Waals surface area contributed by atoms with Crippen LogP contribution in [0.2, 0.25) is 0 Å². The summed E-state index contributed by atoms with van der Waals surface area (Å²) >= 11 is 0. The van der Waals surface area contributed by atoms with Gasteiger partial charge in [-0.2, -0.15) is 0 Å². The van der Waals surface area contributed by atoms with Gasteiger partial charge in [0.2, 0.25) is 10.0 Å². The molecule has 21 heavy (non-hydrogen) atoms. The monoisotopic (exact) mass is 314 g/mol. The average molecular weight is 314 g/mol. The summed E-state index contributed by atoms with van der Waals surface area (Å²) in [6, 6.07) is 5.30. The number of amides is 1. The van der Waals surface area contributed by atoms with Gasteiger partial charge in [0.1, 0.15) is 5.82 Å². The third kappa shape index (κ3) is 4.01. The van der Waals surface area contributed by atoms with Gasteiger partial charge >= 0.3 is 0 Å². The summed E-state index contributed by atoms with van der Waals surface area (Å²) in [6.45, 7) is 2.47. The van der Waals surface area contributed by atoms with E-state index in [4.69, 9.17) is 0 Å². The highest BCUT2D eigenvalue weighted by molar-refractivity contribution is 7.89. The lowest BCUT2D eigenvalue weighted by atomic mass is 10.1. The number of hydrogen-bond donors (Lipinski definition) is 1. The lowest BCUT2D eigenvalue weighted by Gasteiger charge is -2.31. The molecule has 0 radical (unpaired) electrons. The first-order valence-corrected chi connectivity index (χ1v) is 8.57. The van der Waals surface area contributed by atoms with E-state index in [9.17, 15) is 17.6 Å². The highest BCUT2D eigenvalue weighted by Crippen LogP contribution is 2.15. The standard InChI is InChI=1S/C14H19FN2O3S/c1-2-21(19,20)17-9-7-13(8-10-17)16-14(18)11-3-5-12(15)6-4-11/h3-6,13H,2,7-10H2,1H3,(H,16,18). The van der Waals surface area contributed by atoms with Crippen LogP contribution < -0.4 is 5.32 Å². The zero-order valence-corrected chi connectivity index (χ0v) is 12.7. The van der Waals surface area contributed by atoms with E-state index in [-0.39, 0.29) is 23.5 Å². The van der Waals surface area contributed by atoms with Crippen molar-refractivity contribution in [2.24, 2.45) is 0 Å². The maximum atomic E-state index is 12.8. The molecule has 0 bridgehead atoms. The number of nitrogens with one attached hydrogen (secondary N) is 1. The zero-order valence-electron chi connectivity index (χ0n) is 11.9. The molecule has 0 aliphatic carbocycles. The van der Waals surface area contributed by atoms with Crippen LogP contribution in [-0.4, -0.2) is 43.5 Å². The van der Waals surface area contributed by atoms with Gasteiger partial charge < -0.3 is 5.32 Å². The van der Waals surface area contributed by atoms with E-state index in [1.807, 2.05) is 0 Å². The molecule has 1 N–H and O–H groups in total. The SMILES string of the molecule is CCS(=O)(=O)N1CCC(NC(=O)c2ccc(F)cc2)CC1. The predicted octanol–water partition coefficient (Wildman–Crippen LogP) is 1.37. The largest absolute Gasteiger partial charge is 0.349 e. The first-order chi connectivity index (χ1) is 9.92. The topological polar surface area (TPSA) is 66.5 Å². The smallest absolute Gasteiger partial charge is 0.251 e. The number of benzene rings is 1. The van der Waals surface area contributed by atoms with Crippen LogP contribution in [-0.2, 0) is 10.0 Å². The Morgan fingerprint density at radius 1 is 1.29 bits per heavy atom. The molecule has 5 nitrogen and oxygen atoms in total. The minimum Gasteiger partial charge on any atom is -0.349 e. The Hall–Kier alpha value is -1.47. The van der Waals surface area contributed by atoms with Crippen LogP contribution in [0.3, 0.4) is 0 Å². The van der Waals surface area contributed by atoms with E-state index < -0.39 is 10.0 Å². The molecule has 1 aromatic rings. The maximum absolute atomic E-state index is 12.8. The van der Waals surface area contributed by atoms with Crippen molar-refractivity contribution >= 4 is 15.9 Å². The van der Waals surface area contributed by atoms with Crippen LogP contribution in [0.15, 0.2) is 24.3 Å². The first-order valence-electron chi connectivity index (χ1n) is 6.96. The molecule has 1 aliphatic heterocycles. The van der Waals surface area contributed by atoms with E-state index in [0.29, 0.717) is 31.5 Å². The fourth-order valence-corrected chi connectivity index (χ4v) is 3.46. The number of carbonyl (C=O) groups excluding carboxylic acids is 1. The van der Waals surface area contributed by atoms with E-state index in [1.54, 1.807) is 6.92 Å². The number of rotatable bonds is 4. The number of sulfonamides is 1. The Kier molecular flexibility index (Phi) is 4.95. The van der Waals surface area contributed by atoms with Crippen LogP contribution >= 0.6 is 0 Å². The predicted molar refractivity (Wildman–Crippen MR) is 77.9 cm³/mol. The number of piperidine rings is 1. The molecule has 0 atom stereocenters. The number of carbonyl (C=O) groups is 1. The third-order valence-corrected chi connectivity index (χ3v) is 5.54. The normalized spacial score (nSPS) is 17.6. The van der Waals surface area contributed by atoms with Crippen molar-refractivity contribution in [1.29, 1.82) is 0 Å². The number of halogens is 1. The Morgan fingerprint density at radius 3 is 2.38 bits per heavy atom. The molecule has 1 fully saturated rings. The van der Waals surface area contributed by atoms with Gasteiger partial charge in [-0.3, -0.25) is 4.79 Å². The second kappa shape index (κ2) is 6.53. The second-order valence-electron chi connectivity index (χ2n) is 5.05. The minimum atomic E-state index is -3.15. The number of hydrogen-bond acceptors (Lipinski definition) is 3. The van der Waals surface area contributed by atoms with Gasteiger partial charge in [0.05, 0.1) is 5.75 Å². The third-order valence-electron chi connectivity index (χ3n) is 3.65. The summed E-state index contributed by atoms with van der Waals surface area (Å²) < 4.78 is 37.7. The lowest BCUT2D eigenvalue weighted by molar-refractivity contribution is 0.0924. The fraction of sp³-hybridized carbons (Fsp3) is 0.500. The van der Waals surface area contributed by atoms with Crippen LogP contribution in [0.1, 0.15) is 30.1 Å². The molecule has 1 saturated heterocycles. The molecule has 2 rings (SSSR count). The Balaban J connectivity index is 1.89. The molecule has 1 amide bonds. The summed E-state index contributed by atoms with van der Waals surface area (Å²) in [4.78, 5) is 12.0. The first kappa shape index (κ1) is 15.9. The molecular weight excluding hydrogens is 295 g/mol. The van der Waals surface area contributed by atoms with Crippen LogP contribution in [0, 0.1) is 5.82 Å². The van der Waals surface area contributed by atoms with Gasteiger partial charge in [-0.1, -0.05) is 0 Å². The Labute approximate surface area is 124 Å². The summed E-state index contributed by atoms with van der Waals surface area (Å²) in [6.07, 6.45) is 1.18. The fourth-order valence-electron chi connectivity index (χ4n) is 2.33. The number of nitrogens with zero attached hydrogens (tertiary/aromatic N) is 1. The van der Waals surface area contributed by atoms with E-state index in [0.717, 1.165) is 0 Å². The molecule has 0 saturated carbocycles. The van der Waals surface area contributed by atoms with Crippen molar-refractivity contribution in [3.05, 3.63) is 35.6 Å². The molecule has 0 aromatic heterocycles. The van der Waals surface area contributed by atoms with Gasteiger partial charge in [0.25, 0.3) is 5.91 Å². The Morgan fingerprint density at radius 2 is 1.86 bits per heavy atom. The Bertz CT molecular complexity index is 593. The van der Waals surface area contributed by atoms with E-state index in [2.05, 4.69) is 5.32 Å². The molecule has 0 unspecified atom stereocenters. The summed E-state index contributed by atoms with van der Waals surface area (Å²) in [5, 5.41) is 2.86. The summed E-state index contributed by atoms with van der Waals surface area (Å²) in [5.41, 5.74) is 0.403. The maximum Gasteiger partial charge on any atom is 0.251 e. The molecule has 1 aromatic carbocycles. The molecule has 1 aliphatic rings. The van der Waals surface area contributed by atoms with Crippen molar-refractivity contribution in [1.82, 2.24) is 9.62 Å². The molecule has 116 valence electrons. The molecule has 7 heteroatoms. The van der Waals surface area contributed by atoms with Gasteiger partial charge in [-0.25, -0.2) is 17.1 Å². The minimum absolute atomic E-state index is 0.0501. The van der Waals surface area contributed by atoms with Gasteiger partial charge in [-0.15, -0.1) is 0 Å².